The third-order valence-corrected chi connectivity index (χ3v) is 3.74. The standard InChI is InChI=1S/C14H17NOS/c1-10-3-4-12(7-11(10)2)8-13(16)9-14-15-5-6-17-14/h3-7,13,16H,8-9H2,1-2H3. The minimum Gasteiger partial charge on any atom is -0.392 e. The predicted molar refractivity (Wildman–Crippen MR) is 71.4 cm³/mol. The van der Waals surface area contributed by atoms with Crippen molar-refractivity contribution in [3.05, 3.63) is 51.5 Å². The molecule has 2 aromatic rings. The number of aromatic nitrogens is 1. The molecule has 0 saturated carbocycles. The second kappa shape index (κ2) is 5.43. The average molecular weight is 247 g/mol. The first-order valence-corrected chi connectivity index (χ1v) is 6.65. The van der Waals surface area contributed by atoms with Gasteiger partial charge in [-0.3, -0.25) is 0 Å². The van der Waals surface area contributed by atoms with E-state index in [4.69, 9.17) is 0 Å². The van der Waals surface area contributed by atoms with Crippen LogP contribution in [0.5, 0.6) is 0 Å². The smallest absolute Gasteiger partial charge is 0.0950 e. The minimum atomic E-state index is -0.344. The first kappa shape index (κ1) is 12.3. The fraction of sp³-hybridized carbons (Fsp3) is 0.357. The van der Waals surface area contributed by atoms with Crippen molar-refractivity contribution in [3.63, 3.8) is 0 Å². The van der Waals surface area contributed by atoms with Gasteiger partial charge in [0.15, 0.2) is 0 Å². The summed E-state index contributed by atoms with van der Waals surface area (Å²) >= 11 is 1.60. The molecule has 1 aromatic carbocycles. The molecular weight excluding hydrogens is 230 g/mol. The summed E-state index contributed by atoms with van der Waals surface area (Å²) in [7, 11) is 0. The quantitative estimate of drug-likeness (QED) is 0.901. The molecule has 0 radical (unpaired) electrons. The first-order chi connectivity index (χ1) is 8.15. The number of aryl methyl sites for hydroxylation is 2. The molecule has 1 aromatic heterocycles. The summed E-state index contributed by atoms with van der Waals surface area (Å²) < 4.78 is 0. The Bertz CT molecular complexity index is 479. The summed E-state index contributed by atoms with van der Waals surface area (Å²) in [4.78, 5) is 4.19. The van der Waals surface area contributed by atoms with E-state index in [1.165, 1.54) is 16.7 Å². The van der Waals surface area contributed by atoms with E-state index in [1.54, 1.807) is 17.5 Å². The summed E-state index contributed by atoms with van der Waals surface area (Å²) in [5.41, 5.74) is 3.77. The number of aliphatic hydroxyl groups is 1. The van der Waals surface area contributed by atoms with Crippen molar-refractivity contribution in [2.75, 3.05) is 0 Å². The molecule has 1 heterocycles. The van der Waals surface area contributed by atoms with Crippen LogP contribution >= 0.6 is 11.3 Å². The second-order valence-corrected chi connectivity index (χ2v) is 5.39. The topological polar surface area (TPSA) is 33.1 Å². The van der Waals surface area contributed by atoms with Gasteiger partial charge in [-0.1, -0.05) is 18.2 Å². The summed E-state index contributed by atoms with van der Waals surface area (Å²) in [6.07, 6.45) is 2.77. The predicted octanol–water partition coefficient (Wildman–Crippen LogP) is 2.91. The van der Waals surface area contributed by atoms with Crippen LogP contribution in [0.2, 0.25) is 0 Å². The van der Waals surface area contributed by atoms with Crippen molar-refractivity contribution >= 4 is 11.3 Å². The van der Waals surface area contributed by atoms with E-state index < -0.39 is 0 Å². The fourth-order valence-electron chi connectivity index (χ4n) is 1.83. The maximum Gasteiger partial charge on any atom is 0.0950 e. The molecule has 2 nitrogen and oxygen atoms in total. The van der Waals surface area contributed by atoms with Gasteiger partial charge < -0.3 is 5.11 Å². The van der Waals surface area contributed by atoms with Crippen molar-refractivity contribution in [3.8, 4) is 0 Å². The number of hydrogen-bond donors (Lipinski definition) is 1. The summed E-state index contributed by atoms with van der Waals surface area (Å²) in [5, 5.41) is 12.9. The van der Waals surface area contributed by atoms with Crippen LogP contribution in [0.1, 0.15) is 21.7 Å². The van der Waals surface area contributed by atoms with Gasteiger partial charge in [-0.05, 0) is 37.0 Å². The maximum absolute atomic E-state index is 10.0. The van der Waals surface area contributed by atoms with Crippen LogP contribution in [0.15, 0.2) is 29.8 Å². The van der Waals surface area contributed by atoms with Crippen molar-refractivity contribution in [1.29, 1.82) is 0 Å². The van der Waals surface area contributed by atoms with Gasteiger partial charge in [0.2, 0.25) is 0 Å². The van der Waals surface area contributed by atoms with Crippen molar-refractivity contribution in [2.45, 2.75) is 32.8 Å². The Morgan fingerprint density at radius 1 is 1.24 bits per heavy atom. The van der Waals surface area contributed by atoms with E-state index in [0.717, 1.165) is 5.01 Å². The van der Waals surface area contributed by atoms with E-state index >= 15 is 0 Å². The summed E-state index contributed by atoms with van der Waals surface area (Å²) in [5.74, 6) is 0. The molecule has 0 amide bonds. The molecule has 1 atom stereocenters. The highest BCUT2D eigenvalue weighted by atomic mass is 32.1. The van der Waals surface area contributed by atoms with Crippen LogP contribution in [0.4, 0.5) is 0 Å². The number of thiazole rings is 1. The van der Waals surface area contributed by atoms with Crippen molar-refractivity contribution < 1.29 is 5.11 Å². The lowest BCUT2D eigenvalue weighted by Gasteiger charge is -2.10. The number of hydrogen-bond acceptors (Lipinski definition) is 3. The van der Waals surface area contributed by atoms with Gasteiger partial charge in [0.05, 0.1) is 11.1 Å². The van der Waals surface area contributed by atoms with E-state index in [-0.39, 0.29) is 6.10 Å². The Morgan fingerprint density at radius 2 is 2.06 bits per heavy atom. The van der Waals surface area contributed by atoms with Gasteiger partial charge in [0.1, 0.15) is 0 Å². The van der Waals surface area contributed by atoms with Crippen molar-refractivity contribution in [2.24, 2.45) is 0 Å². The molecule has 0 aliphatic carbocycles. The van der Waals surface area contributed by atoms with E-state index in [0.29, 0.717) is 12.8 Å². The van der Waals surface area contributed by atoms with Crippen molar-refractivity contribution in [1.82, 2.24) is 4.98 Å². The van der Waals surface area contributed by atoms with E-state index in [2.05, 4.69) is 37.0 Å². The third-order valence-electron chi connectivity index (χ3n) is 2.94. The Balaban J connectivity index is 1.98. The minimum absolute atomic E-state index is 0.344. The lowest BCUT2D eigenvalue weighted by molar-refractivity contribution is 0.175. The fourth-order valence-corrected chi connectivity index (χ4v) is 2.52. The number of aliphatic hydroxyl groups excluding tert-OH is 1. The average Bonchev–Trinajstić information content (AvgIpc) is 2.76. The van der Waals surface area contributed by atoms with Gasteiger partial charge in [-0.25, -0.2) is 4.98 Å². The zero-order chi connectivity index (χ0) is 12.3. The highest BCUT2D eigenvalue weighted by molar-refractivity contribution is 7.09. The number of benzene rings is 1. The molecule has 90 valence electrons. The molecule has 0 spiro atoms. The molecule has 0 aliphatic heterocycles. The summed E-state index contributed by atoms with van der Waals surface area (Å²) in [6.45, 7) is 4.21. The van der Waals surface area contributed by atoms with E-state index in [9.17, 15) is 5.11 Å². The third kappa shape index (κ3) is 3.38. The zero-order valence-electron chi connectivity index (χ0n) is 10.2. The molecule has 1 unspecified atom stereocenters. The Kier molecular flexibility index (Phi) is 3.92. The highest BCUT2D eigenvalue weighted by Gasteiger charge is 2.09. The lowest BCUT2D eigenvalue weighted by atomic mass is 10.0. The Labute approximate surface area is 106 Å². The zero-order valence-corrected chi connectivity index (χ0v) is 11.0. The summed E-state index contributed by atoms with van der Waals surface area (Å²) in [6, 6.07) is 6.36. The van der Waals surface area contributed by atoms with Crippen LogP contribution in [0.25, 0.3) is 0 Å². The normalized spacial score (nSPS) is 12.6. The monoisotopic (exact) mass is 247 g/mol. The molecular formula is C14H17NOS. The van der Waals surface area contributed by atoms with Crippen LogP contribution in [0.3, 0.4) is 0 Å². The molecule has 0 saturated heterocycles. The SMILES string of the molecule is Cc1ccc(CC(O)Cc2nccs2)cc1C. The van der Waals surface area contributed by atoms with Crippen LogP contribution in [0, 0.1) is 13.8 Å². The molecule has 3 heteroatoms. The lowest BCUT2D eigenvalue weighted by Crippen LogP contribution is -2.13. The van der Waals surface area contributed by atoms with Crippen LogP contribution < -0.4 is 0 Å². The van der Waals surface area contributed by atoms with Crippen LogP contribution in [-0.2, 0) is 12.8 Å². The maximum atomic E-state index is 10.0. The molecule has 0 bridgehead atoms. The molecule has 0 fully saturated rings. The largest absolute Gasteiger partial charge is 0.392 e. The number of rotatable bonds is 4. The number of nitrogens with zero attached hydrogens (tertiary/aromatic N) is 1. The molecule has 1 N–H and O–H groups in total. The van der Waals surface area contributed by atoms with Crippen LogP contribution in [-0.4, -0.2) is 16.2 Å². The van der Waals surface area contributed by atoms with Gasteiger partial charge in [-0.15, -0.1) is 11.3 Å². The highest BCUT2D eigenvalue weighted by Crippen LogP contribution is 2.14. The first-order valence-electron chi connectivity index (χ1n) is 5.77. The van der Waals surface area contributed by atoms with Gasteiger partial charge >= 0.3 is 0 Å². The second-order valence-electron chi connectivity index (χ2n) is 4.41. The van der Waals surface area contributed by atoms with Gasteiger partial charge in [0.25, 0.3) is 0 Å². The van der Waals surface area contributed by atoms with Gasteiger partial charge in [-0.2, -0.15) is 0 Å². The molecule has 2 rings (SSSR count). The Morgan fingerprint density at radius 3 is 2.71 bits per heavy atom. The van der Waals surface area contributed by atoms with Gasteiger partial charge in [0, 0.05) is 18.0 Å². The Hall–Kier alpha value is -1.19. The van der Waals surface area contributed by atoms with E-state index in [1.807, 2.05) is 5.38 Å². The molecule has 0 aliphatic rings. The molecule has 17 heavy (non-hydrogen) atoms.